The third-order valence-corrected chi connectivity index (χ3v) is 7.68. The molecule has 20 heavy (non-hydrogen) atoms. The van der Waals surface area contributed by atoms with Gasteiger partial charge in [0.05, 0.1) is 0 Å². The highest BCUT2D eigenvalue weighted by atomic mass is 14.6. The predicted molar refractivity (Wildman–Crippen MR) is 84.0 cm³/mol. The Bertz CT molecular complexity index is 476. The smallest absolute Gasteiger partial charge is 0.0350 e. The van der Waals surface area contributed by atoms with Crippen molar-refractivity contribution in [3.63, 3.8) is 0 Å². The van der Waals surface area contributed by atoms with E-state index in [4.69, 9.17) is 5.41 Å². The van der Waals surface area contributed by atoms with Crippen LogP contribution >= 0.6 is 0 Å². The van der Waals surface area contributed by atoms with Crippen molar-refractivity contribution in [2.75, 3.05) is 0 Å². The normalized spacial score (nSPS) is 51.0. The van der Waals surface area contributed by atoms with E-state index in [-0.39, 0.29) is 0 Å². The van der Waals surface area contributed by atoms with Gasteiger partial charge in [-0.2, -0.15) is 0 Å². The Morgan fingerprint density at radius 1 is 1.00 bits per heavy atom. The van der Waals surface area contributed by atoms with Gasteiger partial charge in [0.1, 0.15) is 0 Å². The van der Waals surface area contributed by atoms with Crippen LogP contribution in [-0.4, -0.2) is 5.71 Å². The second-order valence-electron chi connectivity index (χ2n) is 8.57. The number of nitrogens with one attached hydrogen (secondary N) is 1. The van der Waals surface area contributed by atoms with Crippen molar-refractivity contribution in [1.29, 1.82) is 5.41 Å². The minimum absolute atomic E-state index is 0.442. The maximum absolute atomic E-state index is 8.68. The van der Waals surface area contributed by atoms with Crippen molar-refractivity contribution in [3.8, 4) is 0 Å². The van der Waals surface area contributed by atoms with Crippen LogP contribution in [0.2, 0.25) is 0 Å². The molecule has 0 heterocycles. The molecule has 4 aliphatic rings. The second kappa shape index (κ2) is 4.21. The number of rotatable bonds is 0. The maximum Gasteiger partial charge on any atom is 0.0350 e. The Labute approximate surface area is 123 Å². The zero-order chi connectivity index (χ0) is 14.0. The molecular formula is C19H29N. The first-order chi connectivity index (χ1) is 9.55. The van der Waals surface area contributed by atoms with Crippen LogP contribution in [0.1, 0.15) is 71.6 Å². The molecule has 1 nitrogen and oxygen atoms in total. The first kappa shape index (κ1) is 13.1. The maximum atomic E-state index is 8.68. The molecule has 3 saturated carbocycles. The van der Waals surface area contributed by atoms with E-state index in [1.165, 1.54) is 57.8 Å². The van der Waals surface area contributed by atoms with E-state index in [1.54, 1.807) is 5.57 Å². The van der Waals surface area contributed by atoms with Crippen LogP contribution in [0.3, 0.4) is 0 Å². The van der Waals surface area contributed by atoms with Crippen molar-refractivity contribution in [3.05, 3.63) is 11.6 Å². The quantitative estimate of drug-likeness (QED) is 0.613. The molecular weight excluding hydrogens is 242 g/mol. The fraction of sp³-hybridized carbons (Fsp3) is 0.842. The van der Waals surface area contributed by atoms with E-state index in [1.807, 2.05) is 0 Å². The highest BCUT2D eigenvalue weighted by molar-refractivity contribution is 5.97. The van der Waals surface area contributed by atoms with Gasteiger partial charge in [0, 0.05) is 11.6 Å². The van der Waals surface area contributed by atoms with Gasteiger partial charge in [0.15, 0.2) is 0 Å². The molecule has 0 radical (unpaired) electrons. The van der Waals surface area contributed by atoms with Crippen LogP contribution < -0.4 is 0 Å². The lowest BCUT2D eigenvalue weighted by Crippen LogP contribution is -2.51. The van der Waals surface area contributed by atoms with Crippen molar-refractivity contribution in [2.24, 2.45) is 28.6 Å². The Balaban J connectivity index is 1.77. The molecule has 3 fully saturated rings. The van der Waals surface area contributed by atoms with Gasteiger partial charge >= 0.3 is 0 Å². The highest BCUT2D eigenvalue weighted by Gasteiger charge is 2.56. The lowest BCUT2D eigenvalue weighted by Gasteiger charge is -2.56. The van der Waals surface area contributed by atoms with Gasteiger partial charge in [-0.3, -0.25) is 0 Å². The highest BCUT2D eigenvalue weighted by Crippen LogP contribution is 2.63. The molecule has 0 aromatic rings. The lowest BCUT2D eigenvalue weighted by molar-refractivity contribution is 0.00984. The summed E-state index contributed by atoms with van der Waals surface area (Å²) >= 11 is 0. The van der Waals surface area contributed by atoms with Crippen LogP contribution in [0.15, 0.2) is 11.6 Å². The molecule has 1 heteroatoms. The summed E-state index contributed by atoms with van der Waals surface area (Å²) in [5, 5.41) is 8.68. The van der Waals surface area contributed by atoms with E-state index in [2.05, 4.69) is 19.9 Å². The molecule has 0 bridgehead atoms. The van der Waals surface area contributed by atoms with E-state index < -0.39 is 0 Å². The average Bonchev–Trinajstić information content (AvgIpc) is 2.81. The minimum atomic E-state index is 0.442. The standard InChI is InChI=1S/C19H29N/c1-18-9-5-7-14(18)17-15(8-11-18)19(2)10-4-3-6-13(19)12-16(17)20/h12,14-15,17,20H,3-11H2,1-2H3/t14-,15+,17?,18-,19-/m0/s1. The van der Waals surface area contributed by atoms with Gasteiger partial charge in [-0.05, 0) is 73.7 Å². The molecule has 0 aromatic carbocycles. The third-order valence-electron chi connectivity index (χ3n) is 7.68. The Hall–Kier alpha value is -0.590. The van der Waals surface area contributed by atoms with Crippen molar-refractivity contribution < 1.29 is 0 Å². The lowest BCUT2D eigenvalue weighted by atomic mass is 9.48. The molecule has 5 atom stereocenters. The van der Waals surface area contributed by atoms with Crippen molar-refractivity contribution in [1.82, 2.24) is 0 Å². The molecule has 0 spiro atoms. The Morgan fingerprint density at radius 3 is 2.70 bits per heavy atom. The third kappa shape index (κ3) is 1.58. The van der Waals surface area contributed by atoms with Gasteiger partial charge in [-0.15, -0.1) is 0 Å². The van der Waals surface area contributed by atoms with Crippen LogP contribution in [0.4, 0.5) is 0 Å². The summed E-state index contributed by atoms with van der Waals surface area (Å²) in [6.07, 6.45) is 14.8. The van der Waals surface area contributed by atoms with Crippen molar-refractivity contribution >= 4 is 5.71 Å². The summed E-state index contributed by atoms with van der Waals surface area (Å²) in [4.78, 5) is 0. The van der Waals surface area contributed by atoms with Gasteiger partial charge in [0.2, 0.25) is 0 Å². The summed E-state index contributed by atoms with van der Waals surface area (Å²) in [7, 11) is 0. The van der Waals surface area contributed by atoms with E-state index >= 15 is 0 Å². The topological polar surface area (TPSA) is 23.9 Å². The summed E-state index contributed by atoms with van der Waals surface area (Å²) in [6.45, 7) is 5.07. The summed E-state index contributed by atoms with van der Waals surface area (Å²) in [5.74, 6) is 2.18. The Morgan fingerprint density at radius 2 is 1.85 bits per heavy atom. The largest absolute Gasteiger partial charge is 0.305 e. The molecule has 110 valence electrons. The van der Waals surface area contributed by atoms with Gasteiger partial charge in [-0.25, -0.2) is 0 Å². The number of fused-ring (bicyclic) bond motifs is 5. The molecule has 0 amide bonds. The fourth-order valence-electron chi connectivity index (χ4n) is 6.47. The zero-order valence-electron chi connectivity index (χ0n) is 13.2. The molecule has 0 saturated heterocycles. The van der Waals surface area contributed by atoms with E-state index in [0.29, 0.717) is 16.7 Å². The summed E-state index contributed by atoms with van der Waals surface area (Å²) in [6, 6.07) is 0. The van der Waals surface area contributed by atoms with Crippen molar-refractivity contribution in [2.45, 2.75) is 71.6 Å². The molecule has 0 aliphatic heterocycles. The molecule has 4 rings (SSSR count). The van der Waals surface area contributed by atoms with E-state index in [9.17, 15) is 0 Å². The van der Waals surface area contributed by atoms with Gasteiger partial charge < -0.3 is 5.41 Å². The molecule has 0 aromatic heterocycles. The van der Waals surface area contributed by atoms with Crippen LogP contribution in [-0.2, 0) is 0 Å². The molecule has 1 unspecified atom stereocenters. The number of hydrogen-bond donors (Lipinski definition) is 1. The van der Waals surface area contributed by atoms with Crippen LogP contribution in [0, 0.1) is 34.0 Å². The van der Waals surface area contributed by atoms with Gasteiger partial charge in [-0.1, -0.05) is 32.3 Å². The SMILES string of the molecule is C[C@@]12CCC[C@H]1C1C(=N)C=C3CCCC[C@]3(C)[C@@H]1CC2. The molecule has 4 aliphatic carbocycles. The monoisotopic (exact) mass is 271 g/mol. The predicted octanol–water partition coefficient (Wildman–Crippen LogP) is 5.36. The summed E-state index contributed by atoms with van der Waals surface area (Å²) < 4.78 is 0. The fourth-order valence-corrected chi connectivity index (χ4v) is 6.47. The second-order valence-corrected chi connectivity index (χ2v) is 8.57. The Kier molecular flexibility index (Phi) is 2.76. The first-order valence-corrected chi connectivity index (χ1v) is 8.84. The zero-order valence-corrected chi connectivity index (χ0v) is 13.2. The number of hydrogen-bond acceptors (Lipinski definition) is 1. The van der Waals surface area contributed by atoms with E-state index in [0.717, 1.165) is 17.5 Å². The van der Waals surface area contributed by atoms with Crippen LogP contribution in [0.25, 0.3) is 0 Å². The molecule has 1 N–H and O–H groups in total. The minimum Gasteiger partial charge on any atom is -0.305 e. The summed E-state index contributed by atoms with van der Waals surface area (Å²) in [5.41, 5.74) is 3.64. The van der Waals surface area contributed by atoms with Gasteiger partial charge in [0.25, 0.3) is 0 Å². The average molecular weight is 271 g/mol. The first-order valence-electron chi connectivity index (χ1n) is 8.84. The number of allylic oxidation sites excluding steroid dienone is 2. The van der Waals surface area contributed by atoms with Crippen LogP contribution in [0.5, 0.6) is 0 Å².